The highest BCUT2D eigenvalue weighted by Crippen LogP contribution is 2.28. The molecular weight excluding hydrogens is 264 g/mol. The third kappa shape index (κ3) is 3.92. The highest BCUT2D eigenvalue weighted by molar-refractivity contribution is 5.90. The average Bonchev–Trinajstić information content (AvgIpc) is 2.37. The van der Waals surface area contributed by atoms with Crippen molar-refractivity contribution in [3.05, 3.63) is 33.4 Å². The van der Waals surface area contributed by atoms with Gasteiger partial charge in [0, 0.05) is 31.0 Å². The van der Waals surface area contributed by atoms with E-state index in [-0.39, 0.29) is 17.2 Å². The van der Waals surface area contributed by atoms with Gasteiger partial charge in [-0.05, 0) is 18.9 Å². The van der Waals surface area contributed by atoms with Crippen molar-refractivity contribution >= 4 is 17.3 Å². The first-order valence-corrected chi connectivity index (χ1v) is 6.12. The van der Waals surface area contributed by atoms with Gasteiger partial charge in [-0.25, -0.2) is 4.79 Å². The van der Waals surface area contributed by atoms with Gasteiger partial charge < -0.3 is 15.2 Å². The van der Waals surface area contributed by atoms with E-state index in [9.17, 15) is 14.9 Å². The summed E-state index contributed by atoms with van der Waals surface area (Å²) in [7, 11) is 1.59. The maximum atomic E-state index is 11.0. The van der Waals surface area contributed by atoms with Crippen LogP contribution in [0.3, 0.4) is 0 Å². The molecule has 1 rings (SSSR count). The fraction of sp³-hybridized carbons (Fsp3) is 0.462. The Hall–Kier alpha value is -2.15. The number of nitro groups is 1. The Morgan fingerprint density at radius 1 is 1.55 bits per heavy atom. The van der Waals surface area contributed by atoms with Gasteiger partial charge in [-0.3, -0.25) is 10.1 Å². The minimum absolute atomic E-state index is 0.107. The Kier molecular flexibility index (Phi) is 5.45. The molecule has 1 unspecified atom stereocenters. The van der Waals surface area contributed by atoms with Gasteiger partial charge in [0.2, 0.25) is 0 Å². The topological polar surface area (TPSA) is 102 Å². The molecule has 0 saturated heterocycles. The summed E-state index contributed by atoms with van der Waals surface area (Å²) in [5.41, 5.74) is 0.570. The molecule has 0 saturated carbocycles. The molecule has 110 valence electrons. The number of hydrogen-bond donors (Lipinski definition) is 2. The molecule has 0 aliphatic heterocycles. The highest BCUT2D eigenvalue weighted by atomic mass is 16.6. The summed E-state index contributed by atoms with van der Waals surface area (Å²) in [5, 5.41) is 23.0. The molecule has 0 fully saturated rings. The van der Waals surface area contributed by atoms with Gasteiger partial charge in [0.25, 0.3) is 5.69 Å². The van der Waals surface area contributed by atoms with Crippen molar-refractivity contribution in [2.75, 3.05) is 25.6 Å². The average molecular weight is 282 g/mol. The van der Waals surface area contributed by atoms with Crippen molar-refractivity contribution in [2.24, 2.45) is 5.92 Å². The zero-order valence-electron chi connectivity index (χ0n) is 11.7. The number of aromatic carboxylic acids is 1. The maximum absolute atomic E-state index is 11.0. The first-order valence-electron chi connectivity index (χ1n) is 6.12. The molecule has 1 aromatic rings. The molecule has 0 heterocycles. The van der Waals surface area contributed by atoms with Crippen LogP contribution in [0.1, 0.15) is 22.8 Å². The number of benzene rings is 1. The second-order valence-corrected chi connectivity index (χ2v) is 4.67. The number of anilines is 1. The third-order valence-corrected chi connectivity index (χ3v) is 2.92. The van der Waals surface area contributed by atoms with E-state index in [0.717, 1.165) is 6.07 Å². The van der Waals surface area contributed by atoms with Crippen LogP contribution in [0.5, 0.6) is 0 Å². The lowest BCUT2D eigenvalue weighted by Crippen LogP contribution is -2.17. The maximum Gasteiger partial charge on any atom is 0.336 e. The van der Waals surface area contributed by atoms with Crippen LogP contribution in [0.15, 0.2) is 12.1 Å². The normalized spacial score (nSPS) is 11.9. The molecule has 0 radical (unpaired) electrons. The fourth-order valence-corrected chi connectivity index (χ4v) is 1.82. The van der Waals surface area contributed by atoms with Gasteiger partial charge in [0.05, 0.1) is 17.1 Å². The number of nitro benzene ring substituents is 1. The number of nitrogens with zero attached hydrogens (tertiary/aromatic N) is 1. The number of hydrogen-bond acceptors (Lipinski definition) is 5. The molecule has 0 aromatic heterocycles. The lowest BCUT2D eigenvalue weighted by atomic mass is 10.1. The van der Waals surface area contributed by atoms with E-state index in [2.05, 4.69) is 5.32 Å². The molecular formula is C13H18N2O5. The lowest BCUT2D eigenvalue weighted by Gasteiger charge is -2.15. The number of carboxylic acid groups (broad SMARTS) is 1. The number of carboxylic acids is 1. The van der Waals surface area contributed by atoms with Crippen molar-refractivity contribution in [1.82, 2.24) is 0 Å². The van der Waals surface area contributed by atoms with Gasteiger partial charge in [-0.1, -0.05) is 6.92 Å². The number of rotatable bonds is 7. The number of ether oxygens (including phenoxy) is 1. The SMILES string of the molecule is COCC(C)CNc1cc(C(=O)O)cc([N+](=O)[O-])c1C. The number of nitrogens with one attached hydrogen (secondary N) is 1. The molecule has 0 spiro atoms. The second kappa shape index (κ2) is 6.85. The molecule has 20 heavy (non-hydrogen) atoms. The zero-order valence-corrected chi connectivity index (χ0v) is 11.7. The van der Waals surface area contributed by atoms with Crippen LogP contribution in [0.25, 0.3) is 0 Å². The predicted octanol–water partition coefficient (Wildman–Crippen LogP) is 2.30. The summed E-state index contributed by atoms with van der Waals surface area (Å²) >= 11 is 0. The van der Waals surface area contributed by atoms with Crippen molar-refractivity contribution in [1.29, 1.82) is 0 Å². The van der Waals surface area contributed by atoms with Crippen LogP contribution in [-0.2, 0) is 4.74 Å². The van der Waals surface area contributed by atoms with Crippen molar-refractivity contribution < 1.29 is 19.6 Å². The first-order chi connectivity index (χ1) is 9.36. The summed E-state index contributed by atoms with van der Waals surface area (Å²) in [6.45, 7) is 4.63. The van der Waals surface area contributed by atoms with Crippen LogP contribution in [-0.4, -0.2) is 36.3 Å². The molecule has 1 aromatic carbocycles. The molecule has 2 N–H and O–H groups in total. The Balaban J connectivity index is 3.05. The molecule has 1 atom stereocenters. The van der Waals surface area contributed by atoms with E-state index >= 15 is 0 Å². The van der Waals surface area contributed by atoms with Crippen LogP contribution in [0.2, 0.25) is 0 Å². The minimum atomic E-state index is -1.19. The predicted molar refractivity (Wildman–Crippen MR) is 74.3 cm³/mol. The lowest BCUT2D eigenvalue weighted by molar-refractivity contribution is -0.385. The van der Waals surface area contributed by atoms with Crippen molar-refractivity contribution in [2.45, 2.75) is 13.8 Å². The molecule has 7 heteroatoms. The van der Waals surface area contributed by atoms with Crippen molar-refractivity contribution in [3.63, 3.8) is 0 Å². The summed E-state index contributed by atoms with van der Waals surface area (Å²) in [5.74, 6) is -0.993. The Labute approximate surface area is 116 Å². The standard InChI is InChI=1S/C13H18N2O5/c1-8(7-20-3)6-14-11-4-10(13(16)17)5-12(9(11)2)15(18)19/h4-5,8,14H,6-7H2,1-3H3,(H,16,17). The van der Waals surface area contributed by atoms with E-state index in [1.54, 1.807) is 14.0 Å². The highest BCUT2D eigenvalue weighted by Gasteiger charge is 2.19. The van der Waals surface area contributed by atoms with E-state index < -0.39 is 10.9 Å². The zero-order chi connectivity index (χ0) is 15.3. The van der Waals surface area contributed by atoms with Gasteiger partial charge in [-0.15, -0.1) is 0 Å². The van der Waals surface area contributed by atoms with E-state index in [1.807, 2.05) is 6.92 Å². The van der Waals surface area contributed by atoms with E-state index in [1.165, 1.54) is 6.07 Å². The monoisotopic (exact) mass is 282 g/mol. The van der Waals surface area contributed by atoms with Gasteiger partial charge in [0.1, 0.15) is 0 Å². The number of carbonyl (C=O) groups is 1. The summed E-state index contributed by atoms with van der Waals surface area (Å²) < 4.78 is 5.00. The molecule has 0 bridgehead atoms. The van der Waals surface area contributed by atoms with E-state index in [0.29, 0.717) is 24.4 Å². The summed E-state index contributed by atoms with van der Waals surface area (Å²) in [6.07, 6.45) is 0. The third-order valence-electron chi connectivity index (χ3n) is 2.92. The fourth-order valence-electron chi connectivity index (χ4n) is 1.82. The van der Waals surface area contributed by atoms with Crippen LogP contribution < -0.4 is 5.32 Å². The summed E-state index contributed by atoms with van der Waals surface area (Å²) in [4.78, 5) is 21.4. The molecule has 0 aliphatic carbocycles. The van der Waals surface area contributed by atoms with Gasteiger partial charge in [0.15, 0.2) is 0 Å². The van der Waals surface area contributed by atoms with Crippen LogP contribution in [0, 0.1) is 23.0 Å². The smallest absolute Gasteiger partial charge is 0.336 e. The largest absolute Gasteiger partial charge is 0.478 e. The molecule has 0 aliphatic rings. The van der Waals surface area contributed by atoms with Crippen LogP contribution in [0.4, 0.5) is 11.4 Å². The Bertz CT molecular complexity index is 516. The summed E-state index contributed by atoms with van der Waals surface area (Å²) in [6, 6.07) is 2.48. The Morgan fingerprint density at radius 2 is 2.20 bits per heavy atom. The van der Waals surface area contributed by atoms with Gasteiger partial charge >= 0.3 is 5.97 Å². The molecule has 7 nitrogen and oxygen atoms in total. The van der Waals surface area contributed by atoms with Crippen LogP contribution >= 0.6 is 0 Å². The second-order valence-electron chi connectivity index (χ2n) is 4.67. The van der Waals surface area contributed by atoms with E-state index in [4.69, 9.17) is 9.84 Å². The Morgan fingerprint density at radius 3 is 2.70 bits per heavy atom. The number of methoxy groups -OCH3 is 1. The first kappa shape index (κ1) is 15.9. The molecule has 0 amide bonds. The quantitative estimate of drug-likeness (QED) is 0.587. The minimum Gasteiger partial charge on any atom is -0.478 e. The van der Waals surface area contributed by atoms with Gasteiger partial charge in [-0.2, -0.15) is 0 Å². The van der Waals surface area contributed by atoms with Crippen molar-refractivity contribution in [3.8, 4) is 0 Å².